The fourth-order valence-corrected chi connectivity index (χ4v) is 1.61. The van der Waals surface area contributed by atoms with E-state index in [2.05, 4.69) is 5.32 Å². The molecule has 5 heteroatoms. The number of likely N-dealkylation sites (N-methyl/N-ethyl adjacent to an activating group) is 1. The van der Waals surface area contributed by atoms with Gasteiger partial charge in [-0.05, 0) is 20.4 Å². The first-order valence-electron chi connectivity index (χ1n) is 5.09. The summed E-state index contributed by atoms with van der Waals surface area (Å²) in [7, 11) is 1.85. The molecule has 1 aliphatic rings. The monoisotopic (exact) mass is 222 g/mol. The molecular formula is C10H17F3N2. The summed E-state index contributed by atoms with van der Waals surface area (Å²) in [4.78, 5) is 2.02. The van der Waals surface area contributed by atoms with E-state index in [1.165, 1.54) is 6.08 Å². The van der Waals surface area contributed by atoms with Gasteiger partial charge in [-0.15, -0.1) is 0 Å². The zero-order valence-corrected chi connectivity index (χ0v) is 9.06. The van der Waals surface area contributed by atoms with Crippen molar-refractivity contribution < 1.29 is 13.2 Å². The Hall–Kier alpha value is -0.550. The first kappa shape index (κ1) is 12.5. The van der Waals surface area contributed by atoms with Gasteiger partial charge < -0.3 is 5.32 Å². The lowest BCUT2D eigenvalue weighted by Gasteiger charge is -2.29. The lowest BCUT2D eigenvalue weighted by Crippen LogP contribution is -2.40. The van der Waals surface area contributed by atoms with Crippen LogP contribution in [0.15, 0.2) is 11.6 Å². The van der Waals surface area contributed by atoms with E-state index < -0.39 is 6.18 Å². The molecule has 1 N–H and O–H groups in total. The van der Waals surface area contributed by atoms with Crippen LogP contribution in [0.3, 0.4) is 0 Å². The van der Waals surface area contributed by atoms with Crippen LogP contribution >= 0.6 is 0 Å². The predicted molar refractivity (Wildman–Crippen MR) is 53.7 cm³/mol. The molecule has 0 aromatic carbocycles. The molecule has 0 aromatic heterocycles. The largest absolute Gasteiger partial charge is 0.412 e. The lowest BCUT2D eigenvalue weighted by atomic mass is 10.1. The quantitative estimate of drug-likeness (QED) is 0.732. The predicted octanol–water partition coefficient (Wildman–Crippen LogP) is 1.79. The molecule has 1 rings (SSSR count). The summed E-state index contributed by atoms with van der Waals surface area (Å²) in [5, 5.41) is 3.07. The molecule has 88 valence electrons. The van der Waals surface area contributed by atoms with Crippen molar-refractivity contribution in [1.29, 1.82) is 0 Å². The summed E-state index contributed by atoms with van der Waals surface area (Å²) in [6, 6.07) is 0.311. The molecule has 0 spiro atoms. The molecule has 1 heterocycles. The van der Waals surface area contributed by atoms with E-state index in [-0.39, 0.29) is 12.0 Å². The van der Waals surface area contributed by atoms with Crippen LogP contribution in [0.2, 0.25) is 0 Å². The van der Waals surface area contributed by atoms with E-state index >= 15 is 0 Å². The van der Waals surface area contributed by atoms with E-state index in [4.69, 9.17) is 0 Å². The van der Waals surface area contributed by atoms with E-state index in [1.54, 1.807) is 0 Å². The van der Waals surface area contributed by atoms with Crippen LogP contribution in [-0.2, 0) is 0 Å². The highest BCUT2D eigenvalue weighted by molar-refractivity contribution is 5.13. The Morgan fingerprint density at radius 1 is 1.53 bits per heavy atom. The number of hydrogen-bond acceptors (Lipinski definition) is 2. The number of nitrogens with one attached hydrogen (secondary N) is 1. The van der Waals surface area contributed by atoms with Crippen LogP contribution in [0.1, 0.15) is 13.3 Å². The summed E-state index contributed by atoms with van der Waals surface area (Å²) in [6.45, 7) is 3.71. The Kier molecular flexibility index (Phi) is 4.16. The zero-order chi connectivity index (χ0) is 11.5. The summed E-state index contributed by atoms with van der Waals surface area (Å²) in [5.74, 6) is 0. The van der Waals surface area contributed by atoms with Crippen molar-refractivity contribution in [1.82, 2.24) is 10.2 Å². The highest BCUT2D eigenvalue weighted by atomic mass is 19.4. The molecule has 0 aromatic rings. The van der Waals surface area contributed by atoms with Gasteiger partial charge in [0.05, 0.1) is 0 Å². The molecule has 0 fully saturated rings. The molecule has 2 nitrogen and oxygen atoms in total. The first-order valence-corrected chi connectivity index (χ1v) is 5.09. The van der Waals surface area contributed by atoms with Crippen molar-refractivity contribution in [3.63, 3.8) is 0 Å². The van der Waals surface area contributed by atoms with Gasteiger partial charge in [-0.3, -0.25) is 4.90 Å². The van der Waals surface area contributed by atoms with Crippen LogP contribution < -0.4 is 5.32 Å². The summed E-state index contributed by atoms with van der Waals surface area (Å²) >= 11 is 0. The number of nitrogens with zero attached hydrogens (tertiary/aromatic N) is 1. The average molecular weight is 222 g/mol. The van der Waals surface area contributed by atoms with Crippen LogP contribution in [0.5, 0.6) is 0 Å². The number of rotatable bonds is 3. The highest BCUT2D eigenvalue weighted by Crippen LogP contribution is 2.29. The third kappa shape index (κ3) is 3.83. The molecule has 1 unspecified atom stereocenters. The number of halogens is 3. The smallest absolute Gasteiger partial charge is 0.316 e. The average Bonchev–Trinajstić information content (AvgIpc) is 2.17. The third-order valence-electron chi connectivity index (χ3n) is 2.68. The van der Waals surface area contributed by atoms with Crippen molar-refractivity contribution >= 4 is 0 Å². The topological polar surface area (TPSA) is 15.3 Å². The number of hydrogen-bond donors (Lipinski definition) is 1. The summed E-state index contributed by atoms with van der Waals surface area (Å²) < 4.78 is 36.9. The van der Waals surface area contributed by atoms with Crippen LogP contribution in [-0.4, -0.2) is 43.8 Å². The van der Waals surface area contributed by atoms with Crippen molar-refractivity contribution in [2.75, 3.05) is 26.7 Å². The molecule has 0 saturated heterocycles. The maximum atomic E-state index is 12.3. The second kappa shape index (κ2) is 4.99. The van der Waals surface area contributed by atoms with Crippen LogP contribution in [0.4, 0.5) is 13.2 Å². The first-order chi connectivity index (χ1) is 6.93. The minimum absolute atomic E-state index is 0.111. The van der Waals surface area contributed by atoms with Gasteiger partial charge in [-0.2, -0.15) is 13.2 Å². The number of alkyl halides is 3. The fraction of sp³-hybridized carbons (Fsp3) is 0.800. The van der Waals surface area contributed by atoms with Crippen molar-refractivity contribution in [2.24, 2.45) is 0 Å². The normalized spacial score (nSPS) is 21.3. The Balaban J connectivity index is 2.44. The Bertz CT molecular complexity index is 235. The van der Waals surface area contributed by atoms with Gasteiger partial charge in [0.2, 0.25) is 0 Å². The Morgan fingerprint density at radius 2 is 2.20 bits per heavy atom. The third-order valence-corrected chi connectivity index (χ3v) is 2.68. The molecular weight excluding hydrogens is 205 g/mol. The molecule has 0 amide bonds. The Morgan fingerprint density at radius 3 is 2.60 bits per heavy atom. The highest BCUT2D eigenvalue weighted by Gasteiger charge is 2.34. The van der Waals surface area contributed by atoms with Gasteiger partial charge in [0.25, 0.3) is 0 Å². The van der Waals surface area contributed by atoms with Crippen LogP contribution in [0.25, 0.3) is 0 Å². The van der Waals surface area contributed by atoms with Crippen molar-refractivity contribution in [3.05, 3.63) is 11.6 Å². The summed E-state index contributed by atoms with van der Waals surface area (Å²) in [6.07, 6.45) is -2.73. The molecule has 1 aliphatic heterocycles. The lowest BCUT2D eigenvalue weighted by molar-refractivity contribution is -0.0960. The maximum absolute atomic E-state index is 12.3. The minimum atomic E-state index is -4.14. The second-order valence-electron chi connectivity index (χ2n) is 3.93. The summed E-state index contributed by atoms with van der Waals surface area (Å²) in [5.41, 5.74) is -0.379. The molecule has 0 saturated carbocycles. The van der Waals surface area contributed by atoms with Crippen molar-refractivity contribution in [2.45, 2.75) is 25.6 Å². The van der Waals surface area contributed by atoms with Gasteiger partial charge in [0.15, 0.2) is 0 Å². The van der Waals surface area contributed by atoms with Gasteiger partial charge in [-0.25, -0.2) is 0 Å². The fourth-order valence-electron chi connectivity index (χ4n) is 1.61. The molecule has 1 atom stereocenters. The zero-order valence-electron chi connectivity index (χ0n) is 9.06. The van der Waals surface area contributed by atoms with Crippen molar-refractivity contribution in [3.8, 4) is 0 Å². The standard InChI is InChI=1S/C10H17F3N2/c1-8(14-2)7-15-5-3-9(4-6-15)10(11,12)13/h3,8,14H,4-7H2,1-2H3. The maximum Gasteiger partial charge on any atom is 0.412 e. The SMILES string of the molecule is CNC(C)CN1CC=C(C(F)(F)F)CC1. The van der Waals surface area contributed by atoms with E-state index in [0.29, 0.717) is 19.1 Å². The molecule has 0 aliphatic carbocycles. The molecule has 0 bridgehead atoms. The van der Waals surface area contributed by atoms with E-state index in [9.17, 15) is 13.2 Å². The van der Waals surface area contributed by atoms with Gasteiger partial charge in [-0.1, -0.05) is 6.08 Å². The van der Waals surface area contributed by atoms with Gasteiger partial charge in [0, 0.05) is 31.2 Å². The minimum Gasteiger partial charge on any atom is -0.316 e. The van der Waals surface area contributed by atoms with Crippen LogP contribution in [0, 0.1) is 0 Å². The van der Waals surface area contributed by atoms with Gasteiger partial charge in [0.1, 0.15) is 0 Å². The Labute approximate surface area is 88.1 Å². The molecule has 0 radical (unpaired) electrons. The second-order valence-corrected chi connectivity index (χ2v) is 3.93. The van der Waals surface area contributed by atoms with E-state index in [0.717, 1.165) is 6.54 Å². The van der Waals surface area contributed by atoms with E-state index in [1.807, 2.05) is 18.9 Å². The molecule has 15 heavy (non-hydrogen) atoms. The van der Waals surface area contributed by atoms with Gasteiger partial charge >= 0.3 is 6.18 Å².